The molecule has 1 N–H and O–H groups in total. The lowest BCUT2D eigenvalue weighted by molar-refractivity contribution is -0.142. The first-order valence-corrected chi connectivity index (χ1v) is 8.89. The summed E-state index contributed by atoms with van der Waals surface area (Å²) in [5.74, 6) is 0.0129. The molecule has 0 aliphatic carbocycles. The fraction of sp³-hybridized carbons (Fsp3) is 0.529. The molecular weight excluding hydrogens is 367 g/mol. The molecule has 0 bridgehead atoms. The van der Waals surface area contributed by atoms with Crippen molar-refractivity contribution in [1.82, 2.24) is 9.80 Å². The van der Waals surface area contributed by atoms with Gasteiger partial charge in [-0.05, 0) is 43.3 Å². The molecule has 1 unspecified atom stereocenters. The Hall–Kier alpha value is -1.87. The molecule has 1 aromatic rings. The lowest BCUT2D eigenvalue weighted by atomic mass is 10.2. The fourth-order valence-corrected chi connectivity index (χ4v) is 3.38. The minimum Gasteiger partial charge on any atom is -0.368 e. The van der Waals surface area contributed by atoms with E-state index in [-0.39, 0.29) is 12.0 Å². The second-order valence-electron chi connectivity index (χ2n) is 6.32. The molecule has 9 heteroatoms. The van der Waals surface area contributed by atoms with Crippen LogP contribution in [0.4, 0.5) is 18.9 Å². The Morgan fingerprint density at radius 1 is 1.19 bits per heavy atom. The summed E-state index contributed by atoms with van der Waals surface area (Å²) < 4.78 is 43.8. The summed E-state index contributed by atoms with van der Waals surface area (Å²) >= 11 is 5.31. The maximum absolute atomic E-state index is 12.8. The van der Waals surface area contributed by atoms with E-state index in [1.807, 2.05) is 4.90 Å². The molecule has 5 nitrogen and oxygen atoms in total. The van der Waals surface area contributed by atoms with Gasteiger partial charge in [0.25, 0.3) is 5.91 Å². The molecule has 1 atom stereocenters. The smallest absolute Gasteiger partial charge is 0.368 e. The molecule has 0 spiro atoms. The van der Waals surface area contributed by atoms with Crippen LogP contribution in [0.1, 0.15) is 18.4 Å². The zero-order valence-corrected chi connectivity index (χ0v) is 14.9. The van der Waals surface area contributed by atoms with Crippen LogP contribution in [-0.2, 0) is 15.7 Å². The van der Waals surface area contributed by atoms with Crippen LogP contribution in [0.15, 0.2) is 24.3 Å². The second kappa shape index (κ2) is 7.79. The van der Waals surface area contributed by atoms with Gasteiger partial charge >= 0.3 is 6.18 Å². The zero-order valence-electron chi connectivity index (χ0n) is 14.1. The molecule has 2 aliphatic rings. The van der Waals surface area contributed by atoms with Crippen LogP contribution < -0.4 is 5.32 Å². The minimum absolute atomic E-state index is 0.0129. The van der Waals surface area contributed by atoms with Crippen molar-refractivity contribution < 1.29 is 22.7 Å². The molecule has 0 radical (unpaired) electrons. The number of ether oxygens (including phenoxy) is 1. The second-order valence-corrected chi connectivity index (χ2v) is 6.71. The maximum atomic E-state index is 12.8. The molecule has 2 saturated heterocycles. The van der Waals surface area contributed by atoms with E-state index in [1.165, 1.54) is 6.07 Å². The van der Waals surface area contributed by atoms with Crippen LogP contribution in [0.5, 0.6) is 0 Å². The van der Waals surface area contributed by atoms with Crippen LogP contribution in [0.3, 0.4) is 0 Å². The Kier molecular flexibility index (Phi) is 5.67. The van der Waals surface area contributed by atoms with Crippen molar-refractivity contribution in [3.8, 4) is 0 Å². The van der Waals surface area contributed by atoms with Crippen molar-refractivity contribution in [3.05, 3.63) is 29.8 Å². The van der Waals surface area contributed by atoms with Crippen molar-refractivity contribution in [2.75, 3.05) is 38.1 Å². The van der Waals surface area contributed by atoms with Gasteiger partial charge in [0.1, 0.15) is 6.10 Å². The van der Waals surface area contributed by atoms with E-state index in [0.717, 1.165) is 25.0 Å². The summed E-state index contributed by atoms with van der Waals surface area (Å²) in [5.41, 5.74) is -0.431. The van der Waals surface area contributed by atoms with Gasteiger partial charge in [-0.2, -0.15) is 13.2 Å². The number of hydrogen-bond donors (Lipinski definition) is 1. The van der Waals surface area contributed by atoms with E-state index < -0.39 is 11.7 Å². The van der Waals surface area contributed by atoms with Crippen molar-refractivity contribution in [3.63, 3.8) is 0 Å². The molecule has 2 aliphatic heterocycles. The lowest BCUT2D eigenvalue weighted by Gasteiger charge is -2.37. The Morgan fingerprint density at radius 3 is 2.50 bits per heavy atom. The number of halogens is 3. The molecule has 3 rings (SSSR count). The van der Waals surface area contributed by atoms with Crippen molar-refractivity contribution in [2.24, 2.45) is 0 Å². The van der Waals surface area contributed by atoms with Crippen LogP contribution in [-0.4, -0.2) is 59.7 Å². The molecule has 0 aromatic heterocycles. The van der Waals surface area contributed by atoms with Gasteiger partial charge in [-0.25, -0.2) is 0 Å². The zero-order chi connectivity index (χ0) is 18.7. The van der Waals surface area contributed by atoms with Gasteiger partial charge in [0.2, 0.25) is 0 Å². The topological polar surface area (TPSA) is 44.8 Å². The van der Waals surface area contributed by atoms with Crippen molar-refractivity contribution >= 4 is 28.9 Å². The molecule has 1 aromatic carbocycles. The summed E-state index contributed by atoms with van der Waals surface area (Å²) in [6, 6.07) is 4.93. The van der Waals surface area contributed by atoms with Gasteiger partial charge in [0, 0.05) is 38.5 Å². The normalized spacial score (nSPS) is 21.0. The third kappa shape index (κ3) is 4.45. The van der Waals surface area contributed by atoms with Gasteiger partial charge in [-0.15, -0.1) is 0 Å². The molecule has 1 amide bonds. The van der Waals surface area contributed by atoms with Crippen molar-refractivity contribution in [1.29, 1.82) is 0 Å². The van der Waals surface area contributed by atoms with Crippen molar-refractivity contribution in [2.45, 2.75) is 25.1 Å². The summed E-state index contributed by atoms with van der Waals surface area (Å²) in [5, 5.41) is 3.21. The first-order valence-electron chi connectivity index (χ1n) is 8.48. The number of alkyl halides is 3. The van der Waals surface area contributed by atoms with Crippen LogP contribution in [0.25, 0.3) is 0 Å². The summed E-state index contributed by atoms with van der Waals surface area (Å²) in [6.45, 7) is 2.72. The van der Waals surface area contributed by atoms with E-state index in [4.69, 9.17) is 17.0 Å². The van der Waals surface area contributed by atoms with Gasteiger partial charge in [-0.3, -0.25) is 4.79 Å². The SMILES string of the molecule is O=C(C1CCCO1)N1CCN(C(=S)Nc2cccc(C(F)(F)F)c2)CC1. The predicted octanol–water partition coefficient (Wildman–Crippen LogP) is 2.73. The summed E-state index contributed by atoms with van der Waals surface area (Å²) in [6.07, 6.45) is -3.07. The number of rotatable bonds is 2. The highest BCUT2D eigenvalue weighted by Crippen LogP contribution is 2.30. The average molecular weight is 387 g/mol. The third-order valence-electron chi connectivity index (χ3n) is 4.52. The maximum Gasteiger partial charge on any atom is 0.416 e. The number of hydrogen-bond acceptors (Lipinski definition) is 3. The predicted molar refractivity (Wildman–Crippen MR) is 94.8 cm³/mol. The lowest BCUT2D eigenvalue weighted by Crippen LogP contribution is -2.53. The Morgan fingerprint density at radius 2 is 1.88 bits per heavy atom. The Bertz CT molecular complexity index is 669. The summed E-state index contributed by atoms with van der Waals surface area (Å²) in [4.78, 5) is 15.9. The molecule has 2 heterocycles. The van der Waals surface area contributed by atoms with E-state index in [2.05, 4.69) is 5.32 Å². The highest BCUT2D eigenvalue weighted by Gasteiger charge is 2.32. The van der Waals surface area contributed by atoms with Gasteiger partial charge < -0.3 is 19.9 Å². The molecular formula is C17H20F3N3O2S. The van der Waals surface area contributed by atoms with E-state index in [0.29, 0.717) is 43.6 Å². The van der Waals surface area contributed by atoms with Gasteiger partial charge in [0.15, 0.2) is 5.11 Å². The number of anilines is 1. The largest absolute Gasteiger partial charge is 0.416 e. The van der Waals surface area contributed by atoms with E-state index >= 15 is 0 Å². The Balaban J connectivity index is 1.53. The van der Waals surface area contributed by atoms with E-state index in [9.17, 15) is 18.0 Å². The number of amides is 1. The number of carbonyl (C=O) groups is 1. The van der Waals surface area contributed by atoms with Gasteiger partial charge in [-0.1, -0.05) is 6.07 Å². The molecule has 142 valence electrons. The highest BCUT2D eigenvalue weighted by molar-refractivity contribution is 7.80. The van der Waals surface area contributed by atoms with Crippen LogP contribution >= 0.6 is 12.2 Å². The monoisotopic (exact) mass is 387 g/mol. The average Bonchev–Trinajstić information content (AvgIpc) is 3.15. The Labute approximate surface area is 155 Å². The number of piperazine rings is 1. The number of nitrogens with zero attached hydrogens (tertiary/aromatic N) is 2. The molecule has 2 fully saturated rings. The summed E-state index contributed by atoms with van der Waals surface area (Å²) in [7, 11) is 0. The molecule has 0 saturated carbocycles. The molecule has 26 heavy (non-hydrogen) atoms. The van der Waals surface area contributed by atoms with Crippen LogP contribution in [0.2, 0.25) is 0 Å². The van der Waals surface area contributed by atoms with E-state index in [1.54, 1.807) is 11.0 Å². The number of benzene rings is 1. The number of thiocarbonyl (C=S) groups is 1. The number of nitrogens with one attached hydrogen (secondary N) is 1. The standard InChI is InChI=1S/C17H20F3N3O2S/c18-17(19,20)12-3-1-4-13(11-12)21-16(26)23-8-6-22(7-9-23)15(24)14-5-2-10-25-14/h1,3-4,11,14H,2,5-10H2,(H,21,26). The minimum atomic E-state index is -4.40. The fourth-order valence-electron chi connectivity index (χ4n) is 3.08. The number of carbonyl (C=O) groups excluding carboxylic acids is 1. The van der Waals surface area contributed by atoms with Crippen LogP contribution in [0, 0.1) is 0 Å². The highest BCUT2D eigenvalue weighted by atomic mass is 32.1. The first kappa shape index (κ1) is 18.9. The first-order chi connectivity index (χ1) is 12.3. The third-order valence-corrected chi connectivity index (χ3v) is 4.89. The van der Waals surface area contributed by atoms with Gasteiger partial charge in [0.05, 0.1) is 5.56 Å². The quantitative estimate of drug-likeness (QED) is 0.791.